The van der Waals surface area contributed by atoms with Crippen molar-refractivity contribution in [3.05, 3.63) is 94.5 Å². The van der Waals surface area contributed by atoms with Gasteiger partial charge in [-0.25, -0.2) is 0 Å². The minimum Gasteiger partial charge on any atom is -0.508 e. The van der Waals surface area contributed by atoms with E-state index in [1.54, 1.807) is 24.3 Å². The minimum absolute atomic E-state index is 0.00367. The molecule has 5 rings (SSSR count). The van der Waals surface area contributed by atoms with Gasteiger partial charge in [0.05, 0.1) is 32.0 Å². The molecule has 0 aliphatic carbocycles. The fourth-order valence-electron chi connectivity index (χ4n) is 6.63. The van der Waals surface area contributed by atoms with Crippen LogP contribution in [0.15, 0.2) is 66.7 Å². The van der Waals surface area contributed by atoms with Crippen LogP contribution in [0.1, 0.15) is 113 Å². The highest BCUT2D eigenvalue weighted by Crippen LogP contribution is 2.36. The Labute approximate surface area is 382 Å². The highest BCUT2D eigenvalue weighted by molar-refractivity contribution is 7.80. The van der Waals surface area contributed by atoms with Crippen LogP contribution >= 0.6 is 0 Å². The van der Waals surface area contributed by atoms with Crippen molar-refractivity contribution in [1.29, 1.82) is 0 Å². The van der Waals surface area contributed by atoms with Gasteiger partial charge >= 0.3 is 26.8 Å². The Morgan fingerprint density at radius 1 is 0.677 bits per heavy atom. The largest absolute Gasteiger partial charge is 0.508 e. The first-order valence-electron chi connectivity index (χ1n) is 20.5. The first kappa shape index (κ1) is 59.2. The van der Waals surface area contributed by atoms with Crippen LogP contribution in [0.2, 0.25) is 0 Å². The van der Waals surface area contributed by atoms with E-state index in [0.717, 1.165) is 18.4 Å². The molecule has 0 radical (unpaired) electrons. The second-order valence-electron chi connectivity index (χ2n) is 17.5. The number of ether oxygens (including phenoxy) is 1. The monoisotopic (exact) mass is 963 g/mol. The lowest BCUT2D eigenvalue weighted by molar-refractivity contribution is -0.155. The molecule has 6 atom stereocenters. The summed E-state index contributed by atoms with van der Waals surface area (Å²) in [6.07, 6.45) is 2.95. The number of aromatic hydroxyl groups is 2. The van der Waals surface area contributed by atoms with E-state index in [-0.39, 0.29) is 54.5 Å². The summed E-state index contributed by atoms with van der Waals surface area (Å²) in [4.78, 5) is 14.8. The average Bonchev–Trinajstić information content (AvgIpc) is 3.38. The molecule has 370 valence electrons. The smallest absolute Gasteiger partial charge is 0.394 e. The number of nitrogens with one attached hydrogen (secondary N) is 2. The van der Waals surface area contributed by atoms with Gasteiger partial charge in [0.25, 0.3) is 0 Å². The van der Waals surface area contributed by atoms with Crippen LogP contribution in [0.5, 0.6) is 11.5 Å². The van der Waals surface area contributed by atoms with Crippen molar-refractivity contribution >= 4 is 26.8 Å². The third-order valence-electron chi connectivity index (χ3n) is 9.98. The van der Waals surface area contributed by atoms with E-state index in [9.17, 15) is 30.3 Å². The summed E-state index contributed by atoms with van der Waals surface area (Å²) in [5.74, 6) is -0.763. The molecule has 3 aromatic carbocycles. The van der Waals surface area contributed by atoms with Crippen LogP contribution in [-0.2, 0) is 43.5 Å². The lowest BCUT2D eigenvalue weighted by atomic mass is 9.98. The second-order valence-corrected chi connectivity index (χ2v) is 19.3. The van der Waals surface area contributed by atoms with Gasteiger partial charge in [-0.2, -0.15) is 16.8 Å². The zero-order valence-electron chi connectivity index (χ0n) is 37.8. The Morgan fingerprint density at radius 3 is 1.37 bits per heavy atom. The number of aliphatic hydroxyl groups excluding tert-OH is 5. The van der Waals surface area contributed by atoms with Gasteiger partial charge in [-0.15, -0.1) is 0 Å². The summed E-state index contributed by atoms with van der Waals surface area (Å²) >= 11 is 0. The van der Waals surface area contributed by atoms with E-state index in [0.29, 0.717) is 47.4 Å². The zero-order valence-corrected chi connectivity index (χ0v) is 39.4. The van der Waals surface area contributed by atoms with Crippen molar-refractivity contribution in [2.24, 2.45) is 0 Å². The van der Waals surface area contributed by atoms with Gasteiger partial charge in [0.15, 0.2) is 0 Å². The molecular formula is C43H69N3O17S2. The van der Waals surface area contributed by atoms with E-state index >= 15 is 0 Å². The Morgan fingerprint density at radius 2 is 1.05 bits per heavy atom. The number of fused-ring (bicyclic) bond motifs is 2. The van der Waals surface area contributed by atoms with Crippen molar-refractivity contribution in [1.82, 2.24) is 15.5 Å². The molecular weight excluding hydrogens is 895 g/mol. The van der Waals surface area contributed by atoms with Gasteiger partial charge in [-0.1, -0.05) is 42.5 Å². The summed E-state index contributed by atoms with van der Waals surface area (Å²) in [5.41, 5.74) is 2.93. The van der Waals surface area contributed by atoms with Gasteiger partial charge in [0, 0.05) is 47.4 Å². The number of hydrogen-bond acceptors (Lipinski definition) is 16. The Balaban J connectivity index is 0.000000443. The van der Waals surface area contributed by atoms with Gasteiger partial charge < -0.3 is 56.0 Å². The average molecular weight is 964 g/mol. The Bertz CT molecular complexity index is 1960. The number of esters is 1. The molecule has 2 bridgehead atoms. The van der Waals surface area contributed by atoms with Crippen LogP contribution in [0.25, 0.3) is 0 Å². The summed E-state index contributed by atoms with van der Waals surface area (Å²) < 4.78 is 68.9. The van der Waals surface area contributed by atoms with Crippen LogP contribution in [0.3, 0.4) is 0 Å². The topological polar surface area (TPSA) is 344 Å². The normalized spacial score (nSPS) is 18.7. The number of carbonyl (C=O) groups excluding carboxylic acids is 1. The number of aliphatic hydroxyl groups is 5. The van der Waals surface area contributed by atoms with Crippen LogP contribution in [0.4, 0.5) is 0 Å². The molecule has 13 N–H and O–H groups in total. The molecule has 2 aliphatic heterocycles. The molecule has 2 saturated heterocycles. The number of β-amino-alcohol motifs (C(OH)–C–C–N with tert-alkyl or cyclic N) is 2. The van der Waals surface area contributed by atoms with Crippen LogP contribution in [-0.4, -0.2) is 138 Å². The molecule has 20 nitrogen and oxygen atoms in total. The maximum Gasteiger partial charge on any atom is 0.394 e. The first-order valence-corrected chi connectivity index (χ1v) is 23.3. The molecule has 0 saturated carbocycles. The third-order valence-corrected chi connectivity index (χ3v) is 9.98. The number of hydrogen-bond donors (Lipinski definition) is 13. The number of rotatable bonds is 12. The minimum atomic E-state index is -4.67. The quantitative estimate of drug-likeness (QED) is 0.0915. The highest BCUT2D eigenvalue weighted by atomic mass is 32.3. The highest BCUT2D eigenvalue weighted by Gasteiger charge is 2.40. The van der Waals surface area contributed by atoms with Gasteiger partial charge in [0.1, 0.15) is 23.5 Å². The van der Waals surface area contributed by atoms with Crippen molar-refractivity contribution in [3.8, 4) is 11.5 Å². The van der Waals surface area contributed by atoms with E-state index in [2.05, 4.69) is 22.6 Å². The zero-order chi connectivity index (χ0) is 49.9. The predicted octanol–water partition coefficient (Wildman–Crippen LogP) is 3.24. The first-order chi connectivity index (χ1) is 29.8. The van der Waals surface area contributed by atoms with Crippen molar-refractivity contribution in [3.63, 3.8) is 0 Å². The van der Waals surface area contributed by atoms with Crippen molar-refractivity contribution < 1.29 is 80.3 Å². The van der Waals surface area contributed by atoms with E-state index in [1.807, 2.05) is 71.9 Å². The molecule has 4 unspecified atom stereocenters. The fourth-order valence-corrected chi connectivity index (χ4v) is 6.63. The second kappa shape index (κ2) is 27.1. The van der Waals surface area contributed by atoms with E-state index in [4.69, 9.17) is 50.0 Å². The summed E-state index contributed by atoms with van der Waals surface area (Å²) in [6, 6.07) is 20.0. The fraction of sp³-hybridized carbons (Fsp3) is 0.558. The molecule has 22 heteroatoms. The van der Waals surface area contributed by atoms with Crippen LogP contribution in [0, 0.1) is 0 Å². The predicted molar refractivity (Wildman–Crippen MR) is 242 cm³/mol. The van der Waals surface area contributed by atoms with Gasteiger partial charge in [-0.05, 0) is 115 Å². The summed E-state index contributed by atoms with van der Waals surface area (Å²) in [6.45, 7) is 12.3. The maximum atomic E-state index is 12.4. The Hall–Kier alpha value is -3.85. The number of carbonyl (C=O) groups is 1. The molecule has 2 fully saturated rings. The van der Waals surface area contributed by atoms with Crippen LogP contribution < -0.4 is 10.6 Å². The molecule has 2 heterocycles. The lowest BCUT2D eigenvalue weighted by Crippen LogP contribution is -2.43. The number of nitrogens with zero attached hydrogens (tertiary/aromatic N) is 1. The Kier molecular flexibility index (Phi) is 24.7. The number of phenols is 2. The molecule has 65 heavy (non-hydrogen) atoms. The molecule has 0 amide bonds. The SMILES string of the molecule is CC(C)(C)NCC(O)c1ccc(O)c(CO)c1.CC(C)(C)NCC(O)c1ccc(O)c(CO)c1.CN1[C@@H]2CC[C@H]1CC(OC(=O)C(CO)c1ccccc1)C2.O=S(=O)(O)O.O=S(=O)(O)O. The number of piperidine rings is 1. The lowest BCUT2D eigenvalue weighted by Gasteiger charge is -2.36. The van der Waals surface area contributed by atoms with Crippen molar-refractivity contribution in [2.45, 2.75) is 128 Å². The summed E-state index contributed by atoms with van der Waals surface area (Å²) in [7, 11) is -7.17. The maximum absolute atomic E-state index is 12.4. The van der Waals surface area contributed by atoms with Crippen molar-refractivity contribution in [2.75, 3.05) is 26.7 Å². The summed E-state index contributed by atoms with van der Waals surface area (Å²) in [5, 5.41) is 72.8. The van der Waals surface area contributed by atoms with Gasteiger partial charge in [0.2, 0.25) is 0 Å². The molecule has 3 aromatic rings. The van der Waals surface area contributed by atoms with E-state index < -0.39 is 38.9 Å². The van der Waals surface area contributed by atoms with Gasteiger partial charge in [-0.3, -0.25) is 23.0 Å². The molecule has 2 aliphatic rings. The van der Waals surface area contributed by atoms with E-state index in [1.165, 1.54) is 25.0 Å². The molecule has 0 aromatic heterocycles. The number of benzene rings is 3. The third kappa shape index (κ3) is 25.6. The standard InChI is InChI=1S/C17H23NO3.2C13H21NO3.2H2O4S/c1-18-13-7-8-14(18)10-15(9-13)21-17(20)16(11-19)12-5-3-2-4-6-12;2*1-13(2,3)14-7-12(17)9-4-5-11(16)10(6-9)8-15;2*1-5(2,3)4/h2-6,13-16,19H,7-11H2,1H3;2*4-6,12,14-17H,7-8H2,1-3H3;2*(H2,1,2,3,4)/t13-,14+,15?,16?;;;;. The molecule has 0 spiro atoms.